The average molecular weight is 490 g/mol. The fourth-order valence-corrected chi connectivity index (χ4v) is 4.58. The van der Waals surface area contributed by atoms with Gasteiger partial charge in [0.05, 0.1) is 24.9 Å². The number of rotatable bonds is 5. The van der Waals surface area contributed by atoms with Gasteiger partial charge in [-0.15, -0.1) is 0 Å². The molecule has 1 fully saturated rings. The Morgan fingerprint density at radius 1 is 1.29 bits per heavy atom. The van der Waals surface area contributed by atoms with Crippen LogP contribution < -0.4 is 5.32 Å². The summed E-state index contributed by atoms with van der Waals surface area (Å²) in [4.78, 5) is 22.3. The van der Waals surface area contributed by atoms with Crippen LogP contribution >= 0.6 is 11.6 Å². The number of H-pyrrole nitrogens is 1. The molecule has 0 spiro atoms. The van der Waals surface area contributed by atoms with Crippen molar-refractivity contribution < 1.29 is 9.53 Å². The van der Waals surface area contributed by atoms with Crippen LogP contribution in [0.2, 0.25) is 5.02 Å². The third kappa shape index (κ3) is 4.85. The molecule has 2 aliphatic heterocycles. The van der Waals surface area contributed by atoms with E-state index in [0.717, 1.165) is 27.7 Å². The number of aromatic nitrogens is 1. The number of guanidine groups is 1. The average Bonchev–Trinajstić information content (AvgIpc) is 3.49. The van der Waals surface area contributed by atoms with E-state index in [2.05, 4.69) is 21.4 Å². The molecule has 9 nitrogen and oxygen atoms in total. The van der Waals surface area contributed by atoms with Crippen molar-refractivity contribution in [2.24, 2.45) is 10.1 Å². The van der Waals surface area contributed by atoms with Crippen molar-refractivity contribution in [3.63, 3.8) is 0 Å². The Balaban J connectivity index is 1.40. The lowest BCUT2D eigenvalue weighted by molar-refractivity contribution is -0.143. The van der Waals surface area contributed by atoms with Crippen LogP contribution in [0.15, 0.2) is 64.8 Å². The number of fused-ring (bicyclic) bond motifs is 1. The van der Waals surface area contributed by atoms with E-state index in [1.165, 1.54) is 0 Å². The fraction of sp³-hybridized carbons (Fsp3) is 0.280. The van der Waals surface area contributed by atoms with E-state index >= 15 is 0 Å². The first kappa shape index (κ1) is 22.9. The predicted molar refractivity (Wildman–Crippen MR) is 134 cm³/mol. The van der Waals surface area contributed by atoms with Gasteiger partial charge < -0.3 is 14.6 Å². The number of nitrogens with zero attached hydrogens (tertiary/aromatic N) is 5. The fourth-order valence-electron chi connectivity index (χ4n) is 4.45. The lowest BCUT2D eigenvalue weighted by Gasteiger charge is -2.33. The first-order valence-corrected chi connectivity index (χ1v) is 11.8. The molecule has 178 valence electrons. The molecule has 3 aromatic rings. The molecule has 1 amide bonds. The number of nitrogens with one attached hydrogen (secondary N) is 2. The minimum atomic E-state index is -0.299. The zero-order chi connectivity index (χ0) is 24.2. The Bertz CT molecular complexity index is 1330. The molecule has 10 heteroatoms. The van der Waals surface area contributed by atoms with Crippen molar-refractivity contribution >= 4 is 40.1 Å². The zero-order valence-electron chi connectivity index (χ0n) is 18.9. The maximum atomic E-state index is 12.6. The lowest BCUT2D eigenvalue weighted by atomic mass is 10.0. The summed E-state index contributed by atoms with van der Waals surface area (Å²) in [6, 6.07) is 15.2. The number of hydrazone groups is 1. The zero-order valence-corrected chi connectivity index (χ0v) is 19.7. The Morgan fingerprint density at radius 3 is 2.91 bits per heavy atom. The van der Waals surface area contributed by atoms with E-state index in [-0.39, 0.29) is 18.6 Å². The standard InChI is InChI=1S/C25H24ClN7O2/c26-19-7-5-17(6-8-19)24-22(32-11-12-35-15-23(32)34)14-33(31-24)25(30-16-27)28-10-9-18-13-29-21-4-2-1-3-20(18)21/h1-8,13,22,29H,9-12,14-15H2,(H,28,30). The normalized spacial score (nSPS) is 18.6. The number of hydrogen-bond donors (Lipinski definition) is 2. The van der Waals surface area contributed by atoms with Crippen molar-refractivity contribution in [1.29, 1.82) is 5.26 Å². The maximum Gasteiger partial charge on any atom is 0.249 e. The van der Waals surface area contributed by atoms with E-state index < -0.39 is 0 Å². The molecule has 1 atom stereocenters. The van der Waals surface area contributed by atoms with Gasteiger partial charge in [0.15, 0.2) is 6.19 Å². The van der Waals surface area contributed by atoms with Crippen molar-refractivity contribution in [3.8, 4) is 6.19 Å². The SMILES string of the molecule is N#CNC(=NCCc1c[nH]c2ccccc12)N1CC(N2CCOCC2=O)C(c2ccc(Cl)cc2)=N1. The van der Waals surface area contributed by atoms with Crippen LogP contribution in [0.1, 0.15) is 11.1 Å². The highest BCUT2D eigenvalue weighted by atomic mass is 35.5. The van der Waals surface area contributed by atoms with Gasteiger partial charge in [-0.25, -0.2) is 5.01 Å². The smallest absolute Gasteiger partial charge is 0.249 e. The van der Waals surface area contributed by atoms with Gasteiger partial charge in [-0.3, -0.25) is 15.1 Å². The maximum absolute atomic E-state index is 12.6. The number of ether oxygens (including phenoxy) is 1. The third-order valence-corrected chi connectivity index (χ3v) is 6.41. The van der Waals surface area contributed by atoms with Crippen LogP contribution in [-0.2, 0) is 16.0 Å². The monoisotopic (exact) mass is 489 g/mol. The number of morpholine rings is 1. The van der Waals surface area contributed by atoms with Crippen LogP contribution in [-0.4, -0.2) is 71.4 Å². The molecular formula is C25H24ClN7O2. The second kappa shape index (κ2) is 10.2. The number of amides is 1. The van der Waals surface area contributed by atoms with Crippen LogP contribution in [0.3, 0.4) is 0 Å². The number of nitriles is 1. The summed E-state index contributed by atoms with van der Waals surface area (Å²) in [5, 5.41) is 20.3. The van der Waals surface area contributed by atoms with Crippen molar-refractivity contribution in [1.82, 2.24) is 20.2 Å². The molecule has 1 unspecified atom stereocenters. The number of aliphatic imine (C=N–C) groups is 1. The number of benzene rings is 2. The third-order valence-electron chi connectivity index (χ3n) is 6.16. The number of halogens is 1. The van der Waals surface area contributed by atoms with Crippen LogP contribution in [0, 0.1) is 11.5 Å². The van der Waals surface area contributed by atoms with Crippen molar-refractivity contribution in [3.05, 3.63) is 70.9 Å². The topological polar surface area (TPSA) is 109 Å². The van der Waals surface area contributed by atoms with E-state index in [1.807, 2.05) is 42.7 Å². The van der Waals surface area contributed by atoms with Crippen LogP contribution in [0.25, 0.3) is 10.9 Å². The molecule has 1 saturated heterocycles. The number of para-hydroxylation sites is 1. The van der Waals surface area contributed by atoms with Gasteiger partial charge >= 0.3 is 0 Å². The second-order valence-electron chi connectivity index (χ2n) is 8.28. The molecule has 0 radical (unpaired) electrons. The minimum Gasteiger partial charge on any atom is -0.370 e. The van der Waals surface area contributed by atoms with E-state index in [0.29, 0.717) is 43.6 Å². The number of aromatic amines is 1. The van der Waals surface area contributed by atoms with E-state index in [4.69, 9.17) is 21.4 Å². The highest BCUT2D eigenvalue weighted by molar-refractivity contribution is 6.30. The molecular weight excluding hydrogens is 466 g/mol. The summed E-state index contributed by atoms with van der Waals surface area (Å²) in [5.41, 5.74) is 3.82. The van der Waals surface area contributed by atoms with Gasteiger partial charge in [-0.05, 0) is 30.2 Å². The summed E-state index contributed by atoms with van der Waals surface area (Å²) in [6.45, 7) is 1.84. The summed E-state index contributed by atoms with van der Waals surface area (Å²) in [7, 11) is 0. The minimum absolute atomic E-state index is 0.0480. The highest BCUT2D eigenvalue weighted by Gasteiger charge is 2.38. The quantitative estimate of drug-likeness (QED) is 0.248. The number of carbonyl (C=O) groups excluding carboxylic acids is 1. The highest BCUT2D eigenvalue weighted by Crippen LogP contribution is 2.23. The van der Waals surface area contributed by atoms with Crippen molar-refractivity contribution in [2.75, 3.05) is 32.8 Å². The molecule has 0 saturated carbocycles. The van der Waals surface area contributed by atoms with Crippen molar-refractivity contribution in [2.45, 2.75) is 12.5 Å². The molecule has 0 bridgehead atoms. The van der Waals surface area contributed by atoms with Gasteiger partial charge in [0.1, 0.15) is 6.61 Å². The molecule has 35 heavy (non-hydrogen) atoms. The van der Waals surface area contributed by atoms with Crippen LogP contribution in [0.5, 0.6) is 0 Å². The molecule has 2 aromatic carbocycles. The molecule has 2 aliphatic rings. The number of hydrogen-bond acceptors (Lipinski definition) is 5. The van der Waals surface area contributed by atoms with E-state index in [1.54, 1.807) is 22.0 Å². The molecule has 0 aliphatic carbocycles. The van der Waals surface area contributed by atoms with Gasteiger partial charge in [-0.2, -0.15) is 10.4 Å². The first-order chi connectivity index (χ1) is 17.1. The Morgan fingerprint density at radius 2 is 2.11 bits per heavy atom. The van der Waals surface area contributed by atoms with Gasteiger partial charge in [0, 0.05) is 40.8 Å². The molecule has 2 N–H and O–H groups in total. The van der Waals surface area contributed by atoms with Gasteiger partial charge in [0.2, 0.25) is 11.9 Å². The van der Waals surface area contributed by atoms with Gasteiger partial charge in [-0.1, -0.05) is 41.9 Å². The van der Waals surface area contributed by atoms with Crippen LogP contribution in [0.4, 0.5) is 0 Å². The second-order valence-corrected chi connectivity index (χ2v) is 8.72. The van der Waals surface area contributed by atoms with Gasteiger partial charge in [0.25, 0.3) is 0 Å². The Kier molecular flexibility index (Phi) is 6.66. The predicted octanol–water partition coefficient (Wildman–Crippen LogP) is 2.74. The van der Waals surface area contributed by atoms with E-state index in [9.17, 15) is 10.1 Å². The molecule has 3 heterocycles. The largest absolute Gasteiger partial charge is 0.370 e. The Hall–Kier alpha value is -3.87. The lowest BCUT2D eigenvalue weighted by Crippen LogP contribution is -2.52. The molecule has 1 aromatic heterocycles. The first-order valence-electron chi connectivity index (χ1n) is 11.4. The molecule has 5 rings (SSSR count). The summed E-state index contributed by atoms with van der Waals surface area (Å²) in [6.07, 6.45) is 4.66. The summed E-state index contributed by atoms with van der Waals surface area (Å²) < 4.78 is 5.32. The Labute approximate surface area is 207 Å². The summed E-state index contributed by atoms with van der Waals surface area (Å²) >= 11 is 6.08. The summed E-state index contributed by atoms with van der Waals surface area (Å²) in [5.74, 6) is 0.262. The number of carbonyl (C=O) groups is 1.